The van der Waals surface area contributed by atoms with E-state index in [4.69, 9.17) is 10.5 Å². The molecule has 1 aromatic carbocycles. The fourth-order valence-corrected chi connectivity index (χ4v) is 3.29. The molecule has 0 aliphatic carbocycles. The molecule has 1 fully saturated rings. The average molecular weight is 423 g/mol. The molecule has 3 heterocycles. The van der Waals surface area contributed by atoms with Crippen LogP contribution in [0.15, 0.2) is 48.8 Å². The first-order valence-corrected chi connectivity index (χ1v) is 8.81. The van der Waals surface area contributed by atoms with Gasteiger partial charge in [0.1, 0.15) is 18.0 Å². The summed E-state index contributed by atoms with van der Waals surface area (Å²) >= 11 is 0. The van der Waals surface area contributed by atoms with Gasteiger partial charge in [-0.2, -0.15) is 0 Å². The number of carbonyl (C=O) groups excluding carboxylic acids is 1. The van der Waals surface area contributed by atoms with Gasteiger partial charge in [0.2, 0.25) is 0 Å². The van der Waals surface area contributed by atoms with E-state index in [1.807, 2.05) is 54.0 Å². The van der Waals surface area contributed by atoms with Gasteiger partial charge in [-0.25, -0.2) is 4.98 Å². The van der Waals surface area contributed by atoms with Crippen molar-refractivity contribution < 1.29 is 9.53 Å². The van der Waals surface area contributed by atoms with Gasteiger partial charge in [-0.3, -0.25) is 4.79 Å². The number of ether oxygens (including phenoxy) is 1. The van der Waals surface area contributed by atoms with E-state index in [9.17, 15) is 4.79 Å². The number of halogens is 2. The molecular formula is C20H24Cl2N4O2. The summed E-state index contributed by atoms with van der Waals surface area (Å²) in [4.78, 5) is 19.1. The minimum Gasteiger partial charge on any atom is -0.486 e. The van der Waals surface area contributed by atoms with Crippen LogP contribution in [0.25, 0.3) is 5.65 Å². The number of rotatable bonds is 4. The van der Waals surface area contributed by atoms with E-state index in [-0.39, 0.29) is 36.8 Å². The summed E-state index contributed by atoms with van der Waals surface area (Å²) < 4.78 is 7.92. The number of para-hydroxylation sites is 1. The normalized spacial score (nSPS) is 15.8. The Labute approximate surface area is 176 Å². The van der Waals surface area contributed by atoms with Crippen LogP contribution in [0.4, 0.5) is 0 Å². The van der Waals surface area contributed by atoms with Crippen LogP contribution >= 0.6 is 24.8 Å². The zero-order chi connectivity index (χ0) is 18.1. The fraction of sp³-hybridized carbons (Fsp3) is 0.300. The highest BCUT2D eigenvalue weighted by atomic mass is 35.5. The van der Waals surface area contributed by atoms with Crippen molar-refractivity contribution in [1.29, 1.82) is 0 Å². The van der Waals surface area contributed by atoms with Gasteiger partial charge in [-0.15, -0.1) is 24.8 Å². The second-order valence-corrected chi connectivity index (χ2v) is 6.79. The molecule has 0 saturated carbocycles. The molecule has 0 unspecified atom stereocenters. The molecule has 28 heavy (non-hydrogen) atoms. The highest BCUT2D eigenvalue weighted by molar-refractivity contribution is 5.97. The number of nitrogens with zero attached hydrogens (tertiary/aromatic N) is 3. The van der Waals surface area contributed by atoms with Crippen LogP contribution in [0, 0.1) is 6.92 Å². The Hall–Kier alpha value is -2.28. The van der Waals surface area contributed by atoms with Gasteiger partial charge in [-0.05, 0) is 37.1 Å². The molecule has 0 radical (unpaired) electrons. The Morgan fingerprint density at radius 3 is 2.75 bits per heavy atom. The van der Waals surface area contributed by atoms with Gasteiger partial charge in [0, 0.05) is 31.5 Å². The van der Waals surface area contributed by atoms with Crippen molar-refractivity contribution in [3.05, 3.63) is 65.6 Å². The lowest BCUT2D eigenvalue weighted by Crippen LogP contribution is -2.32. The Bertz CT molecular complexity index is 960. The number of aryl methyl sites for hydroxylation is 1. The van der Waals surface area contributed by atoms with E-state index in [1.54, 1.807) is 11.0 Å². The summed E-state index contributed by atoms with van der Waals surface area (Å²) in [5.74, 6) is 0.547. The minimum absolute atomic E-state index is 0. The first-order chi connectivity index (χ1) is 12.6. The lowest BCUT2D eigenvalue weighted by atomic mass is 10.1. The number of nitrogens with two attached hydrogens (primary N) is 1. The van der Waals surface area contributed by atoms with Crippen molar-refractivity contribution in [2.24, 2.45) is 5.73 Å². The summed E-state index contributed by atoms with van der Waals surface area (Å²) in [7, 11) is 0. The topological polar surface area (TPSA) is 72.9 Å². The number of hydrogen-bond donors (Lipinski definition) is 1. The maximum atomic E-state index is 12.8. The maximum Gasteiger partial charge on any atom is 0.257 e. The van der Waals surface area contributed by atoms with Crippen LogP contribution in [-0.4, -0.2) is 39.3 Å². The monoisotopic (exact) mass is 422 g/mol. The molecule has 1 atom stereocenters. The molecule has 2 N–H and O–H groups in total. The molecule has 8 heteroatoms. The number of pyridine rings is 1. The fourth-order valence-electron chi connectivity index (χ4n) is 3.29. The number of benzene rings is 1. The van der Waals surface area contributed by atoms with Crippen molar-refractivity contribution in [2.75, 3.05) is 13.1 Å². The Morgan fingerprint density at radius 2 is 2.00 bits per heavy atom. The second-order valence-electron chi connectivity index (χ2n) is 6.79. The van der Waals surface area contributed by atoms with Crippen molar-refractivity contribution in [3.63, 3.8) is 0 Å². The second kappa shape index (κ2) is 9.28. The number of amides is 1. The summed E-state index contributed by atoms with van der Waals surface area (Å²) in [6.07, 6.45) is 4.82. The van der Waals surface area contributed by atoms with E-state index in [1.165, 1.54) is 5.56 Å². The third-order valence-corrected chi connectivity index (χ3v) is 4.65. The number of imidazole rings is 1. The maximum absolute atomic E-state index is 12.8. The molecule has 1 aliphatic rings. The standard InChI is InChI=1S/C20H22N4O2.2ClH/c1-14-6-7-19-22-16(12-24(19)10-14)13-26-18-5-3-2-4-17(18)20(25)23-9-8-15(21)11-23;;/h2-7,10,12,15H,8-9,11,13,21H2,1H3;2*1H/t15-;;/m1../s1. The number of hydrogen-bond acceptors (Lipinski definition) is 4. The van der Waals surface area contributed by atoms with Crippen LogP contribution < -0.4 is 10.5 Å². The number of likely N-dealkylation sites (tertiary alicyclic amines) is 1. The summed E-state index contributed by atoms with van der Waals surface area (Å²) in [5, 5.41) is 0. The third kappa shape index (κ3) is 4.58. The minimum atomic E-state index is -0.0285. The zero-order valence-electron chi connectivity index (χ0n) is 15.6. The Morgan fingerprint density at radius 1 is 1.21 bits per heavy atom. The van der Waals surface area contributed by atoms with Crippen molar-refractivity contribution in [1.82, 2.24) is 14.3 Å². The molecule has 3 aromatic rings. The summed E-state index contributed by atoms with van der Waals surface area (Å²) in [6.45, 7) is 3.64. The molecule has 4 rings (SSSR count). The van der Waals surface area contributed by atoms with E-state index < -0.39 is 0 Å². The van der Waals surface area contributed by atoms with Gasteiger partial charge >= 0.3 is 0 Å². The van der Waals surface area contributed by atoms with E-state index in [0.29, 0.717) is 31.0 Å². The van der Waals surface area contributed by atoms with Crippen molar-refractivity contribution in [3.8, 4) is 5.75 Å². The van der Waals surface area contributed by atoms with Crippen LogP contribution in [0.5, 0.6) is 5.75 Å². The van der Waals surface area contributed by atoms with Crippen LogP contribution in [0.2, 0.25) is 0 Å². The van der Waals surface area contributed by atoms with Crippen molar-refractivity contribution >= 4 is 36.4 Å². The smallest absolute Gasteiger partial charge is 0.257 e. The average Bonchev–Trinajstić information content (AvgIpc) is 3.25. The molecule has 1 aliphatic heterocycles. The van der Waals surface area contributed by atoms with Gasteiger partial charge in [0.25, 0.3) is 5.91 Å². The number of fused-ring (bicyclic) bond motifs is 1. The molecule has 0 spiro atoms. The first kappa shape index (κ1) is 22.0. The molecule has 6 nitrogen and oxygen atoms in total. The SMILES string of the molecule is Cc1ccc2nc(COc3ccccc3C(=O)N3CC[C@@H](N)C3)cn2c1.Cl.Cl. The quantitative estimate of drug-likeness (QED) is 0.700. The van der Waals surface area contributed by atoms with E-state index >= 15 is 0 Å². The van der Waals surface area contributed by atoms with Gasteiger partial charge < -0.3 is 19.8 Å². The molecule has 150 valence electrons. The van der Waals surface area contributed by atoms with Crippen LogP contribution in [0.1, 0.15) is 28.0 Å². The Kier molecular flexibility index (Phi) is 7.29. The van der Waals surface area contributed by atoms with Crippen LogP contribution in [-0.2, 0) is 6.61 Å². The molecule has 2 aromatic heterocycles. The Balaban J connectivity index is 0.00000140. The van der Waals surface area contributed by atoms with E-state index in [0.717, 1.165) is 17.8 Å². The lowest BCUT2D eigenvalue weighted by Gasteiger charge is -2.18. The predicted octanol–water partition coefficient (Wildman–Crippen LogP) is 3.24. The predicted molar refractivity (Wildman–Crippen MR) is 114 cm³/mol. The lowest BCUT2D eigenvalue weighted by molar-refractivity contribution is 0.0786. The zero-order valence-corrected chi connectivity index (χ0v) is 17.2. The largest absolute Gasteiger partial charge is 0.486 e. The van der Waals surface area contributed by atoms with Gasteiger partial charge in [0.15, 0.2) is 0 Å². The van der Waals surface area contributed by atoms with Gasteiger partial charge in [0.05, 0.1) is 11.3 Å². The highest BCUT2D eigenvalue weighted by Gasteiger charge is 2.26. The van der Waals surface area contributed by atoms with Crippen LogP contribution in [0.3, 0.4) is 0 Å². The highest BCUT2D eigenvalue weighted by Crippen LogP contribution is 2.23. The molecule has 1 amide bonds. The summed E-state index contributed by atoms with van der Waals surface area (Å²) in [6, 6.07) is 11.4. The van der Waals surface area contributed by atoms with E-state index in [2.05, 4.69) is 4.98 Å². The molecule has 1 saturated heterocycles. The molecular weight excluding hydrogens is 399 g/mol. The van der Waals surface area contributed by atoms with Gasteiger partial charge in [-0.1, -0.05) is 18.2 Å². The molecule has 0 bridgehead atoms. The van der Waals surface area contributed by atoms with Crippen molar-refractivity contribution in [2.45, 2.75) is 26.0 Å². The summed E-state index contributed by atoms with van der Waals surface area (Å²) in [5.41, 5.74) is 9.36. The number of carbonyl (C=O) groups is 1. The first-order valence-electron chi connectivity index (χ1n) is 8.81. The number of aromatic nitrogens is 2. The third-order valence-electron chi connectivity index (χ3n) is 4.65.